The Bertz CT molecular complexity index is 1130. The van der Waals surface area contributed by atoms with Crippen molar-refractivity contribution in [1.29, 1.82) is 0 Å². The predicted octanol–water partition coefficient (Wildman–Crippen LogP) is 3.89. The van der Waals surface area contributed by atoms with Crippen LogP contribution in [0.5, 0.6) is 5.75 Å². The summed E-state index contributed by atoms with van der Waals surface area (Å²) in [5.41, 5.74) is 1.78. The van der Waals surface area contributed by atoms with Crippen LogP contribution in [-0.2, 0) is 28.5 Å². The Labute approximate surface area is 204 Å². The van der Waals surface area contributed by atoms with Gasteiger partial charge >= 0.3 is 0 Å². The number of hydrogen-bond donors (Lipinski definition) is 1. The first kappa shape index (κ1) is 24.3. The number of carbonyl (C=O) groups excluding carboxylic acids is 1. The summed E-state index contributed by atoms with van der Waals surface area (Å²) in [7, 11) is 3.47. The lowest BCUT2D eigenvalue weighted by Crippen LogP contribution is -2.19. The highest BCUT2D eigenvalue weighted by Crippen LogP contribution is 2.28. The molecule has 1 saturated heterocycles. The monoisotopic (exact) mass is 484 g/mol. The quantitative estimate of drug-likeness (QED) is 0.485. The summed E-state index contributed by atoms with van der Waals surface area (Å²) in [6.07, 6.45) is 2.17. The Morgan fingerprint density at radius 1 is 1.26 bits per heavy atom. The van der Waals surface area contributed by atoms with Crippen molar-refractivity contribution in [2.75, 3.05) is 24.8 Å². The van der Waals surface area contributed by atoms with E-state index in [1.165, 1.54) is 11.8 Å². The molecule has 1 fully saturated rings. The second kappa shape index (κ2) is 10.2. The van der Waals surface area contributed by atoms with Gasteiger partial charge in [-0.1, -0.05) is 32.5 Å². The molecule has 0 saturated carbocycles. The van der Waals surface area contributed by atoms with E-state index in [4.69, 9.17) is 9.47 Å². The number of rotatable bonds is 8. The van der Waals surface area contributed by atoms with Crippen LogP contribution in [0.3, 0.4) is 0 Å². The van der Waals surface area contributed by atoms with Gasteiger partial charge in [-0.15, -0.1) is 10.2 Å². The van der Waals surface area contributed by atoms with Gasteiger partial charge in [-0.25, -0.2) is 0 Å². The zero-order valence-corrected chi connectivity index (χ0v) is 21.2. The molecule has 0 radical (unpaired) electrons. The summed E-state index contributed by atoms with van der Waals surface area (Å²) in [6, 6.07) is 9.65. The molecule has 1 aliphatic heterocycles. The summed E-state index contributed by atoms with van der Waals surface area (Å²) in [6.45, 7) is 7.71. The molecule has 1 amide bonds. The van der Waals surface area contributed by atoms with Crippen molar-refractivity contribution in [1.82, 2.24) is 24.5 Å². The van der Waals surface area contributed by atoms with E-state index in [2.05, 4.69) is 46.0 Å². The lowest BCUT2D eigenvalue weighted by molar-refractivity contribution is -0.113. The van der Waals surface area contributed by atoms with Crippen LogP contribution in [0.25, 0.3) is 11.4 Å². The number of nitrogens with one attached hydrogen (secondary N) is 1. The van der Waals surface area contributed by atoms with E-state index >= 15 is 0 Å². The molecule has 1 N–H and O–H groups in total. The highest BCUT2D eigenvalue weighted by Gasteiger charge is 2.23. The highest BCUT2D eigenvalue weighted by molar-refractivity contribution is 7.99. The predicted molar refractivity (Wildman–Crippen MR) is 132 cm³/mol. The molecule has 3 aromatic rings. The lowest BCUT2D eigenvalue weighted by Gasteiger charge is -2.15. The van der Waals surface area contributed by atoms with Crippen LogP contribution in [0.4, 0.5) is 5.82 Å². The van der Waals surface area contributed by atoms with Gasteiger partial charge in [-0.05, 0) is 37.1 Å². The number of hydrogen-bond acceptors (Lipinski definition) is 7. The summed E-state index contributed by atoms with van der Waals surface area (Å²) in [5, 5.41) is 17.0. The molecule has 0 spiro atoms. The summed E-state index contributed by atoms with van der Waals surface area (Å²) >= 11 is 1.37. The maximum Gasteiger partial charge on any atom is 0.235 e. The van der Waals surface area contributed by atoms with Gasteiger partial charge < -0.3 is 14.8 Å². The van der Waals surface area contributed by atoms with Crippen molar-refractivity contribution in [2.45, 2.75) is 56.8 Å². The van der Waals surface area contributed by atoms with E-state index in [0.717, 1.165) is 42.3 Å². The molecule has 34 heavy (non-hydrogen) atoms. The summed E-state index contributed by atoms with van der Waals surface area (Å²) in [5.74, 6) is 2.30. The fraction of sp³-hybridized carbons (Fsp3) is 0.500. The molecule has 10 heteroatoms. The maximum absolute atomic E-state index is 12.7. The van der Waals surface area contributed by atoms with Gasteiger partial charge in [-0.3, -0.25) is 14.0 Å². The van der Waals surface area contributed by atoms with Crippen molar-refractivity contribution in [3.8, 4) is 17.1 Å². The molecule has 1 aliphatic rings. The van der Waals surface area contributed by atoms with Crippen molar-refractivity contribution in [2.24, 2.45) is 7.05 Å². The largest absolute Gasteiger partial charge is 0.497 e. The fourth-order valence-electron chi connectivity index (χ4n) is 3.77. The number of aryl methyl sites for hydroxylation is 1. The third-order valence-corrected chi connectivity index (χ3v) is 6.69. The number of benzene rings is 1. The Kier molecular flexibility index (Phi) is 7.27. The van der Waals surface area contributed by atoms with E-state index in [1.807, 2.05) is 37.4 Å². The molecule has 4 rings (SSSR count). The van der Waals surface area contributed by atoms with Gasteiger partial charge in [0.05, 0.1) is 31.2 Å². The van der Waals surface area contributed by atoms with Crippen LogP contribution in [0.2, 0.25) is 0 Å². The van der Waals surface area contributed by atoms with E-state index in [0.29, 0.717) is 17.5 Å². The minimum atomic E-state index is -0.119. The molecule has 1 unspecified atom stereocenters. The number of thioether (sulfide) groups is 1. The Morgan fingerprint density at radius 3 is 2.65 bits per heavy atom. The third-order valence-electron chi connectivity index (χ3n) is 5.72. The summed E-state index contributed by atoms with van der Waals surface area (Å²) in [4.78, 5) is 12.7. The Hall–Kier alpha value is -2.85. The minimum Gasteiger partial charge on any atom is -0.497 e. The van der Waals surface area contributed by atoms with Crippen LogP contribution >= 0.6 is 11.8 Å². The normalized spacial score (nSPS) is 16.1. The van der Waals surface area contributed by atoms with Gasteiger partial charge in [-0.2, -0.15) is 5.10 Å². The van der Waals surface area contributed by atoms with Crippen LogP contribution in [0, 0.1) is 0 Å². The van der Waals surface area contributed by atoms with Gasteiger partial charge in [0.25, 0.3) is 0 Å². The molecule has 0 bridgehead atoms. The first-order valence-electron chi connectivity index (χ1n) is 11.4. The number of ether oxygens (including phenoxy) is 2. The number of carbonyl (C=O) groups is 1. The van der Waals surface area contributed by atoms with Crippen LogP contribution in [-0.4, -0.2) is 56.0 Å². The first-order valence-corrected chi connectivity index (χ1v) is 12.4. The topological polar surface area (TPSA) is 96.1 Å². The average Bonchev–Trinajstić information content (AvgIpc) is 3.54. The SMILES string of the molecule is COc1ccc(-c2nnc(SCC(=O)Nc3cc(C(C)(C)C)nn3C)n2CC2CCCO2)cc1. The van der Waals surface area contributed by atoms with Crippen molar-refractivity contribution in [3.63, 3.8) is 0 Å². The molecule has 1 atom stereocenters. The zero-order valence-electron chi connectivity index (χ0n) is 20.4. The smallest absolute Gasteiger partial charge is 0.235 e. The zero-order chi connectivity index (χ0) is 24.3. The molecule has 182 valence electrons. The molecule has 2 aromatic heterocycles. The van der Waals surface area contributed by atoms with Gasteiger partial charge in [0.2, 0.25) is 5.91 Å². The number of aromatic nitrogens is 5. The van der Waals surface area contributed by atoms with Gasteiger partial charge in [0.15, 0.2) is 11.0 Å². The van der Waals surface area contributed by atoms with E-state index in [-0.39, 0.29) is 23.2 Å². The standard InChI is InChI=1S/C24H32N6O3S/c1-24(2,3)19-13-20(29(4)28-19)25-21(31)15-34-23-27-26-22(16-8-10-17(32-5)11-9-16)30(23)14-18-7-6-12-33-18/h8-11,13,18H,6-7,12,14-15H2,1-5H3,(H,25,31). The molecule has 3 heterocycles. The molecular formula is C24H32N6O3S. The van der Waals surface area contributed by atoms with Crippen LogP contribution in [0.1, 0.15) is 39.3 Å². The van der Waals surface area contributed by atoms with Gasteiger partial charge in [0.1, 0.15) is 11.6 Å². The van der Waals surface area contributed by atoms with Crippen molar-refractivity contribution >= 4 is 23.5 Å². The highest BCUT2D eigenvalue weighted by atomic mass is 32.2. The number of methoxy groups -OCH3 is 1. The van der Waals surface area contributed by atoms with Crippen LogP contribution in [0.15, 0.2) is 35.5 Å². The summed E-state index contributed by atoms with van der Waals surface area (Å²) < 4.78 is 14.9. The molecular weight excluding hydrogens is 452 g/mol. The third kappa shape index (κ3) is 5.61. The first-order chi connectivity index (χ1) is 16.2. The average molecular weight is 485 g/mol. The molecule has 9 nitrogen and oxygen atoms in total. The second-order valence-electron chi connectivity index (χ2n) is 9.41. The lowest BCUT2D eigenvalue weighted by atomic mass is 9.92. The van der Waals surface area contributed by atoms with E-state index in [1.54, 1.807) is 11.8 Å². The fourth-order valence-corrected chi connectivity index (χ4v) is 4.51. The van der Waals surface area contributed by atoms with E-state index < -0.39 is 0 Å². The van der Waals surface area contributed by atoms with Crippen molar-refractivity contribution in [3.05, 3.63) is 36.0 Å². The van der Waals surface area contributed by atoms with Gasteiger partial charge in [0, 0.05) is 30.7 Å². The number of amides is 1. The Morgan fingerprint density at radius 2 is 2.03 bits per heavy atom. The van der Waals surface area contributed by atoms with Crippen LogP contribution < -0.4 is 10.1 Å². The maximum atomic E-state index is 12.7. The molecule has 0 aliphatic carbocycles. The second-order valence-corrected chi connectivity index (χ2v) is 10.3. The number of nitrogens with zero attached hydrogens (tertiary/aromatic N) is 5. The van der Waals surface area contributed by atoms with E-state index in [9.17, 15) is 4.79 Å². The number of anilines is 1. The molecule has 1 aromatic carbocycles. The minimum absolute atomic E-state index is 0.0912. The van der Waals surface area contributed by atoms with Crippen molar-refractivity contribution < 1.29 is 14.3 Å². The Balaban J connectivity index is 1.49.